The predicted octanol–water partition coefficient (Wildman–Crippen LogP) is 1.95. The van der Waals surface area contributed by atoms with Crippen LogP contribution in [0.2, 0.25) is 0 Å². The first-order chi connectivity index (χ1) is 8.80. The second kappa shape index (κ2) is 6.45. The fraction of sp³-hybridized carbons (Fsp3) is 0.533. The first-order valence-corrected chi connectivity index (χ1v) is 6.56. The summed E-state index contributed by atoms with van der Waals surface area (Å²) in [5.74, 6) is -0.187. The van der Waals surface area contributed by atoms with Crippen LogP contribution in [0.25, 0.3) is 0 Å². The Bertz CT molecular complexity index is 439. The average molecular weight is 263 g/mol. The standard InChI is InChI=1S/C15H21NO3/c1-15(2,3)14(19)16-9-5-4-6-11-10-12(17)7-8-13(11)18/h7-8,10H,4-6,9H2,1-3H3,(H,16,19). The monoisotopic (exact) mass is 263 g/mol. The lowest BCUT2D eigenvalue weighted by Crippen LogP contribution is -2.35. The zero-order valence-corrected chi connectivity index (χ0v) is 11.8. The van der Waals surface area contributed by atoms with Crippen LogP contribution in [-0.2, 0) is 14.4 Å². The Morgan fingerprint density at radius 1 is 1.16 bits per heavy atom. The van der Waals surface area contributed by atoms with Crippen LogP contribution in [0, 0.1) is 5.41 Å². The molecule has 1 N–H and O–H groups in total. The topological polar surface area (TPSA) is 63.2 Å². The van der Waals surface area contributed by atoms with E-state index in [1.165, 1.54) is 18.2 Å². The maximum Gasteiger partial charge on any atom is 0.225 e. The number of nitrogens with one attached hydrogen (secondary N) is 1. The van der Waals surface area contributed by atoms with E-state index in [-0.39, 0.29) is 22.9 Å². The molecule has 0 atom stereocenters. The van der Waals surface area contributed by atoms with Crippen LogP contribution in [0.5, 0.6) is 0 Å². The number of ketones is 2. The maximum atomic E-state index is 11.6. The van der Waals surface area contributed by atoms with Gasteiger partial charge in [-0.15, -0.1) is 0 Å². The largest absolute Gasteiger partial charge is 0.356 e. The van der Waals surface area contributed by atoms with Gasteiger partial charge in [-0.2, -0.15) is 0 Å². The predicted molar refractivity (Wildman–Crippen MR) is 73.6 cm³/mol. The van der Waals surface area contributed by atoms with Crippen molar-refractivity contribution in [3.05, 3.63) is 23.8 Å². The smallest absolute Gasteiger partial charge is 0.225 e. The summed E-state index contributed by atoms with van der Waals surface area (Å²) in [5.41, 5.74) is 0.189. The summed E-state index contributed by atoms with van der Waals surface area (Å²) in [4.78, 5) is 34.2. The number of amides is 1. The quantitative estimate of drug-likeness (QED) is 0.609. The third kappa shape index (κ3) is 5.20. The molecule has 0 radical (unpaired) electrons. The molecule has 1 rings (SSSR count). The molecule has 0 fully saturated rings. The van der Waals surface area contributed by atoms with Crippen LogP contribution in [-0.4, -0.2) is 24.0 Å². The van der Waals surface area contributed by atoms with Gasteiger partial charge in [-0.25, -0.2) is 0 Å². The molecule has 0 aromatic rings. The molecule has 0 bridgehead atoms. The van der Waals surface area contributed by atoms with Crippen LogP contribution in [0.15, 0.2) is 23.8 Å². The summed E-state index contributed by atoms with van der Waals surface area (Å²) in [6, 6.07) is 0. The molecule has 1 aliphatic carbocycles. The highest BCUT2D eigenvalue weighted by Crippen LogP contribution is 2.14. The molecule has 1 amide bonds. The van der Waals surface area contributed by atoms with Crippen molar-refractivity contribution < 1.29 is 14.4 Å². The maximum absolute atomic E-state index is 11.6. The number of hydrogen-bond acceptors (Lipinski definition) is 3. The van der Waals surface area contributed by atoms with Crippen LogP contribution in [0.1, 0.15) is 40.0 Å². The number of carbonyl (C=O) groups is 3. The lowest BCUT2D eigenvalue weighted by Gasteiger charge is -2.17. The first-order valence-electron chi connectivity index (χ1n) is 6.56. The minimum absolute atomic E-state index is 0.0265. The molecule has 0 saturated heterocycles. The molecule has 4 heteroatoms. The van der Waals surface area contributed by atoms with Crippen LogP contribution in [0.4, 0.5) is 0 Å². The molecular weight excluding hydrogens is 242 g/mol. The third-order valence-corrected chi connectivity index (χ3v) is 2.87. The van der Waals surface area contributed by atoms with Gasteiger partial charge in [0.15, 0.2) is 11.6 Å². The molecule has 4 nitrogen and oxygen atoms in total. The summed E-state index contributed by atoms with van der Waals surface area (Å²) in [6.45, 7) is 6.20. The van der Waals surface area contributed by atoms with E-state index >= 15 is 0 Å². The van der Waals surface area contributed by atoms with Gasteiger partial charge in [-0.1, -0.05) is 20.8 Å². The number of allylic oxidation sites excluding steroid dienone is 4. The number of carbonyl (C=O) groups excluding carboxylic acids is 3. The van der Waals surface area contributed by atoms with Crippen LogP contribution < -0.4 is 5.32 Å². The van der Waals surface area contributed by atoms with Crippen molar-refractivity contribution in [1.29, 1.82) is 0 Å². The number of hydrogen-bond donors (Lipinski definition) is 1. The Kier molecular flexibility index (Phi) is 5.21. The summed E-state index contributed by atoms with van der Waals surface area (Å²) in [6.07, 6.45) is 6.16. The zero-order valence-electron chi connectivity index (χ0n) is 11.8. The Morgan fingerprint density at radius 2 is 1.84 bits per heavy atom. The summed E-state index contributed by atoms with van der Waals surface area (Å²) in [5, 5.41) is 2.86. The van der Waals surface area contributed by atoms with Crippen molar-refractivity contribution in [2.75, 3.05) is 6.54 Å². The minimum atomic E-state index is -0.376. The van der Waals surface area contributed by atoms with Gasteiger partial charge in [0.25, 0.3) is 0 Å². The van der Waals surface area contributed by atoms with E-state index in [4.69, 9.17) is 0 Å². The van der Waals surface area contributed by atoms with E-state index in [0.29, 0.717) is 18.5 Å². The fourth-order valence-corrected chi connectivity index (χ4v) is 1.66. The second-order valence-electron chi connectivity index (χ2n) is 5.73. The molecule has 0 spiro atoms. The van der Waals surface area contributed by atoms with E-state index in [1.807, 2.05) is 20.8 Å². The van der Waals surface area contributed by atoms with E-state index in [0.717, 1.165) is 12.8 Å². The van der Waals surface area contributed by atoms with E-state index in [1.54, 1.807) is 0 Å². The second-order valence-corrected chi connectivity index (χ2v) is 5.73. The first kappa shape index (κ1) is 15.3. The van der Waals surface area contributed by atoms with Gasteiger partial charge in [0.05, 0.1) is 0 Å². The molecule has 0 saturated carbocycles. The summed E-state index contributed by atoms with van der Waals surface area (Å²) < 4.78 is 0. The highest BCUT2D eigenvalue weighted by molar-refractivity contribution is 6.17. The van der Waals surface area contributed by atoms with Gasteiger partial charge in [0, 0.05) is 17.5 Å². The number of unbranched alkanes of at least 4 members (excludes halogenated alkanes) is 1. The Labute approximate surface area is 113 Å². The van der Waals surface area contributed by atoms with Crippen LogP contribution >= 0.6 is 0 Å². The van der Waals surface area contributed by atoms with Crippen molar-refractivity contribution >= 4 is 17.5 Å². The van der Waals surface area contributed by atoms with E-state index in [2.05, 4.69) is 5.32 Å². The molecule has 19 heavy (non-hydrogen) atoms. The highest BCUT2D eigenvalue weighted by atomic mass is 16.2. The molecule has 104 valence electrons. The van der Waals surface area contributed by atoms with Crippen molar-refractivity contribution in [2.24, 2.45) is 5.41 Å². The molecule has 1 aliphatic rings. The minimum Gasteiger partial charge on any atom is -0.356 e. The summed E-state index contributed by atoms with van der Waals surface area (Å²) >= 11 is 0. The molecule has 0 aliphatic heterocycles. The van der Waals surface area contributed by atoms with Crippen molar-refractivity contribution in [3.63, 3.8) is 0 Å². The summed E-state index contributed by atoms with van der Waals surface area (Å²) in [7, 11) is 0. The fourth-order valence-electron chi connectivity index (χ4n) is 1.66. The van der Waals surface area contributed by atoms with Gasteiger partial charge >= 0.3 is 0 Å². The van der Waals surface area contributed by atoms with Gasteiger partial charge in [-0.3, -0.25) is 14.4 Å². The third-order valence-electron chi connectivity index (χ3n) is 2.87. The molecule has 0 aromatic carbocycles. The van der Waals surface area contributed by atoms with Gasteiger partial charge in [0.1, 0.15) is 0 Å². The normalized spacial score (nSPS) is 15.4. The average Bonchev–Trinajstić information content (AvgIpc) is 2.31. The zero-order chi connectivity index (χ0) is 14.5. The molecule has 0 aromatic heterocycles. The van der Waals surface area contributed by atoms with Gasteiger partial charge < -0.3 is 5.32 Å². The van der Waals surface area contributed by atoms with Crippen LogP contribution in [0.3, 0.4) is 0 Å². The molecular formula is C15H21NO3. The van der Waals surface area contributed by atoms with E-state index < -0.39 is 0 Å². The lowest BCUT2D eigenvalue weighted by molar-refractivity contribution is -0.128. The van der Waals surface area contributed by atoms with Crippen molar-refractivity contribution in [1.82, 2.24) is 5.32 Å². The SMILES string of the molecule is CC(C)(C)C(=O)NCCCCC1=CC(=O)C=CC1=O. The highest BCUT2D eigenvalue weighted by Gasteiger charge is 2.20. The lowest BCUT2D eigenvalue weighted by atomic mass is 9.95. The Balaban J connectivity index is 2.23. The Morgan fingerprint density at radius 3 is 2.47 bits per heavy atom. The van der Waals surface area contributed by atoms with Gasteiger partial charge in [-0.05, 0) is 37.5 Å². The molecule has 0 heterocycles. The number of rotatable bonds is 5. The van der Waals surface area contributed by atoms with Crippen molar-refractivity contribution in [3.8, 4) is 0 Å². The van der Waals surface area contributed by atoms with Crippen molar-refractivity contribution in [2.45, 2.75) is 40.0 Å². The molecule has 0 unspecified atom stereocenters. The Hall–Kier alpha value is -1.71. The van der Waals surface area contributed by atoms with Gasteiger partial charge in [0.2, 0.25) is 5.91 Å². The van der Waals surface area contributed by atoms with E-state index in [9.17, 15) is 14.4 Å².